The fraction of sp³-hybridized carbons (Fsp3) is 0.200. The molecule has 0 saturated carbocycles. The van der Waals surface area contributed by atoms with Crippen LogP contribution in [0.3, 0.4) is 0 Å². The molecule has 140 valence electrons. The van der Waals surface area contributed by atoms with Gasteiger partial charge in [-0.05, 0) is 42.8 Å². The van der Waals surface area contributed by atoms with Crippen molar-refractivity contribution in [2.24, 2.45) is 0 Å². The van der Waals surface area contributed by atoms with Crippen molar-refractivity contribution in [3.05, 3.63) is 66.7 Å². The number of H-pyrrole nitrogens is 1. The maximum Gasteiger partial charge on any atom is 0.251 e. The van der Waals surface area contributed by atoms with Crippen LogP contribution in [-0.4, -0.2) is 49.6 Å². The Bertz CT molecular complexity index is 1120. The Labute approximate surface area is 161 Å². The molecule has 1 unspecified atom stereocenters. The van der Waals surface area contributed by atoms with Crippen LogP contribution in [0, 0.1) is 0 Å². The molecule has 1 fully saturated rings. The molecule has 2 N–H and O–H groups in total. The van der Waals surface area contributed by atoms with Gasteiger partial charge >= 0.3 is 0 Å². The highest BCUT2D eigenvalue weighted by atomic mass is 16.1. The van der Waals surface area contributed by atoms with E-state index in [4.69, 9.17) is 0 Å². The number of aromatic amines is 1. The second-order valence-electron chi connectivity index (χ2n) is 6.85. The van der Waals surface area contributed by atoms with Crippen molar-refractivity contribution in [1.82, 2.24) is 29.9 Å². The van der Waals surface area contributed by atoms with E-state index in [2.05, 4.69) is 30.3 Å². The fourth-order valence-corrected chi connectivity index (χ4v) is 3.53. The first-order chi connectivity index (χ1) is 13.8. The lowest BCUT2D eigenvalue weighted by atomic mass is 10.2. The predicted octanol–water partition coefficient (Wildman–Crippen LogP) is 2.13. The molecule has 5 heterocycles. The van der Waals surface area contributed by atoms with Crippen molar-refractivity contribution in [3.63, 3.8) is 0 Å². The van der Waals surface area contributed by atoms with Gasteiger partial charge in [0, 0.05) is 49.5 Å². The average Bonchev–Trinajstić information content (AvgIpc) is 3.48. The molecular formula is C20H19N7O. The highest BCUT2D eigenvalue weighted by Gasteiger charge is 2.26. The lowest BCUT2D eigenvalue weighted by molar-refractivity contribution is 0.0940. The third-order valence-corrected chi connectivity index (χ3v) is 4.98. The lowest BCUT2D eigenvalue weighted by Crippen LogP contribution is -2.37. The first-order valence-electron chi connectivity index (χ1n) is 9.22. The first-order valence-corrected chi connectivity index (χ1v) is 9.22. The SMILES string of the molecule is O=C(NC1CCN(c2nccc(-c3ccc[nH]3)n2)C1)c1ccn2nccc2c1. The lowest BCUT2D eigenvalue weighted by Gasteiger charge is -2.17. The molecule has 0 spiro atoms. The molecule has 0 bridgehead atoms. The molecule has 1 atom stereocenters. The normalized spacial score (nSPS) is 16.6. The van der Waals surface area contributed by atoms with E-state index in [-0.39, 0.29) is 11.9 Å². The molecule has 8 nitrogen and oxygen atoms in total. The number of nitrogens with zero attached hydrogens (tertiary/aromatic N) is 5. The van der Waals surface area contributed by atoms with E-state index in [1.807, 2.05) is 36.5 Å². The van der Waals surface area contributed by atoms with Crippen molar-refractivity contribution >= 4 is 17.4 Å². The summed E-state index contributed by atoms with van der Waals surface area (Å²) in [5.41, 5.74) is 3.35. The van der Waals surface area contributed by atoms with Crippen molar-refractivity contribution in [3.8, 4) is 11.4 Å². The van der Waals surface area contributed by atoms with E-state index in [1.54, 1.807) is 29.2 Å². The van der Waals surface area contributed by atoms with E-state index in [0.29, 0.717) is 18.1 Å². The Morgan fingerprint density at radius 1 is 1.21 bits per heavy atom. The third kappa shape index (κ3) is 3.09. The van der Waals surface area contributed by atoms with Crippen LogP contribution in [0.15, 0.2) is 61.2 Å². The quantitative estimate of drug-likeness (QED) is 0.572. The smallest absolute Gasteiger partial charge is 0.251 e. The molecule has 0 aromatic carbocycles. The number of carbonyl (C=O) groups excluding carboxylic acids is 1. The van der Waals surface area contributed by atoms with Gasteiger partial charge in [0.1, 0.15) is 0 Å². The summed E-state index contributed by atoms with van der Waals surface area (Å²) >= 11 is 0. The summed E-state index contributed by atoms with van der Waals surface area (Å²) < 4.78 is 1.74. The highest BCUT2D eigenvalue weighted by Crippen LogP contribution is 2.20. The monoisotopic (exact) mass is 373 g/mol. The van der Waals surface area contributed by atoms with Gasteiger partial charge < -0.3 is 15.2 Å². The number of fused-ring (bicyclic) bond motifs is 1. The molecule has 4 aromatic rings. The van der Waals surface area contributed by atoms with Gasteiger partial charge in [-0.2, -0.15) is 5.10 Å². The van der Waals surface area contributed by atoms with Gasteiger partial charge in [0.05, 0.1) is 16.9 Å². The molecule has 28 heavy (non-hydrogen) atoms. The van der Waals surface area contributed by atoms with Crippen LogP contribution in [0.2, 0.25) is 0 Å². The number of carbonyl (C=O) groups is 1. The second kappa shape index (κ2) is 6.80. The molecular weight excluding hydrogens is 354 g/mol. The number of hydrogen-bond donors (Lipinski definition) is 2. The van der Waals surface area contributed by atoms with E-state index < -0.39 is 0 Å². The summed E-state index contributed by atoms with van der Waals surface area (Å²) in [5, 5.41) is 7.28. The summed E-state index contributed by atoms with van der Waals surface area (Å²) in [4.78, 5) is 27.0. The standard InChI is InChI=1S/C20H19N7O/c28-19(14-5-11-27-16(12-14)3-9-23-27)24-15-6-10-26(13-15)20-22-8-4-18(25-20)17-2-1-7-21-17/h1-5,7-9,11-12,15,21H,6,10,13H2,(H,24,28). The minimum Gasteiger partial charge on any atom is -0.360 e. The number of amides is 1. The fourth-order valence-electron chi connectivity index (χ4n) is 3.53. The minimum absolute atomic E-state index is 0.0615. The summed E-state index contributed by atoms with van der Waals surface area (Å²) in [6.45, 7) is 1.50. The summed E-state index contributed by atoms with van der Waals surface area (Å²) in [6, 6.07) is 11.4. The van der Waals surface area contributed by atoms with E-state index in [9.17, 15) is 4.79 Å². The number of aromatic nitrogens is 5. The molecule has 1 amide bonds. The Morgan fingerprint density at radius 3 is 3.07 bits per heavy atom. The average molecular weight is 373 g/mol. The predicted molar refractivity (Wildman–Crippen MR) is 105 cm³/mol. The van der Waals surface area contributed by atoms with E-state index >= 15 is 0 Å². The maximum absolute atomic E-state index is 12.6. The van der Waals surface area contributed by atoms with Crippen LogP contribution in [0.5, 0.6) is 0 Å². The Balaban J connectivity index is 1.27. The number of hydrogen-bond acceptors (Lipinski definition) is 5. The van der Waals surface area contributed by atoms with Gasteiger partial charge in [0.15, 0.2) is 0 Å². The molecule has 1 aliphatic rings. The first kappa shape index (κ1) is 16.5. The second-order valence-corrected chi connectivity index (χ2v) is 6.85. The zero-order valence-electron chi connectivity index (χ0n) is 15.1. The van der Waals surface area contributed by atoms with Crippen molar-refractivity contribution in [1.29, 1.82) is 0 Å². The minimum atomic E-state index is -0.0726. The third-order valence-electron chi connectivity index (χ3n) is 4.98. The van der Waals surface area contributed by atoms with E-state index in [1.165, 1.54) is 0 Å². The van der Waals surface area contributed by atoms with E-state index in [0.717, 1.165) is 29.9 Å². The van der Waals surface area contributed by atoms with Gasteiger partial charge in [-0.1, -0.05) is 0 Å². The van der Waals surface area contributed by atoms with Crippen molar-refractivity contribution < 1.29 is 4.79 Å². The molecule has 4 aromatic heterocycles. The number of rotatable bonds is 4. The van der Waals surface area contributed by atoms with Crippen molar-refractivity contribution in [2.75, 3.05) is 18.0 Å². The Kier molecular flexibility index (Phi) is 4.01. The van der Waals surface area contributed by atoms with Crippen LogP contribution < -0.4 is 10.2 Å². The largest absolute Gasteiger partial charge is 0.360 e. The highest BCUT2D eigenvalue weighted by molar-refractivity contribution is 5.95. The van der Waals surface area contributed by atoms with Crippen molar-refractivity contribution in [2.45, 2.75) is 12.5 Å². The summed E-state index contributed by atoms with van der Waals surface area (Å²) in [7, 11) is 0. The molecule has 8 heteroatoms. The zero-order valence-corrected chi connectivity index (χ0v) is 15.1. The van der Waals surface area contributed by atoms with Crippen LogP contribution >= 0.6 is 0 Å². The molecule has 0 aliphatic carbocycles. The van der Waals surface area contributed by atoms with Crippen LogP contribution in [0.1, 0.15) is 16.8 Å². The molecule has 1 saturated heterocycles. The number of nitrogens with one attached hydrogen (secondary N) is 2. The van der Waals surface area contributed by atoms with Gasteiger partial charge in [-0.15, -0.1) is 0 Å². The van der Waals surface area contributed by atoms with Gasteiger partial charge in [-0.25, -0.2) is 14.5 Å². The Morgan fingerprint density at radius 2 is 2.18 bits per heavy atom. The van der Waals surface area contributed by atoms with Crippen LogP contribution in [-0.2, 0) is 0 Å². The summed E-state index contributed by atoms with van der Waals surface area (Å²) in [6.07, 6.45) is 8.01. The van der Waals surface area contributed by atoms with Gasteiger partial charge in [-0.3, -0.25) is 4.79 Å². The van der Waals surface area contributed by atoms with Crippen LogP contribution in [0.25, 0.3) is 16.9 Å². The molecule has 1 aliphatic heterocycles. The number of pyridine rings is 1. The van der Waals surface area contributed by atoms with Crippen LogP contribution in [0.4, 0.5) is 5.95 Å². The number of anilines is 1. The zero-order chi connectivity index (χ0) is 18.9. The molecule has 5 rings (SSSR count). The summed E-state index contributed by atoms with van der Waals surface area (Å²) in [5.74, 6) is 0.612. The van der Waals surface area contributed by atoms with Gasteiger partial charge in [0.2, 0.25) is 5.95 Å². The van der Waals surface area contributed by atoms with Gasteiger partial charge in [0.25, 0.3) is 5.91 Å². The topological polar surface area (TPSA) is 91.2 Å². The Hall–Kier alpha value is -3.68. The molecule has 0 radical (unpaired) electrons. The maximum atomic E-state index is 12.6.